The summed E-state index contributed by atoms with van der Waals surface area (Å²) < 4.78 is 5.40. The Balaban J connectivity index is 1.75. The molecule has 0 saturated carbocycles. The van der Waals surface area contributed by atoms with Gasteiger partial charge in [0.25, 0.3) is 0 Å². The van der Waals surface area contributed by atoms with Crippen LogP contribution >= 0.6 is 12.2 Å². The van der Waals surface area contributed by atoms with Crippen LogP contribution in [0.5, 0.6) is 11.5 Å². The molecule has 0 spiro atoms. The van der Waals surface area contributed by atoms with Gasteiger partial charge in [0, 0.05) is 6.54 Å². The molecular formula is C17H19N3O2S. The Labute approximate surface area is 141 Å². The quantitative estimate of drug-likeness (QED) is 0.432. The molecule has 0 unspecified atom stereocenters. The lowest BCUT2D eigenvalue weighted by Crippen LogP contribution is -2.31. The van der Waals surface area contributed by atoms with Gasteiger partial charge in [-0.05, 0) is 66.7 Å². The average molecular weight is 329 g/mol. The summed E-state index contributed by atoms with van der Waals surface area (Å²) in [6.45, 7) is 3.22. The second kappa shape index (κ2) is 8.75. The Morgan fingerprint density at radius 1 is 1.17 bits per heavy atom. The zero-order valence-corrected chi connectivity index (χ0v) is 13.6. The number of thiocarbonyl (C=S) groups is 1. The van der Waals surface area contributed by atoms with Crippen LogP contribution in [-0.4, -0.2) is 23.0 Å². The van der Waals surface area contributed by atoms with Gasteiger partial charge in [-0.15, -0.1) is 0 Å². The lowest BCUT2D eigenvalue weighted by atomic mass is 10.2. The highest BCUT2D eigenvalue weighted by molar-refractivity contribution is 7.80. The van der Waals surface area contributed by atoms with Gasteiger partial charge >= 0.3 is 0 Å². The molecule has 0 radical (unpaired) electrons. The van der Waals surface area contributed by atoms with Gasteiger partial charge in [-0.25, -0.2) is 0 Å². The molecule has 6 heteroatoms. The van der Waals surface area contributed by atoms with Gasteiger partial charge in [0.15, 0.2) is 5.11 Å². The smallest absolute Gasteiger partial charge is 0.187 e. The third kappa shape index (κ3) is 5.96. The van der Waals surface area contributed by atoms with Crippen molar-refractivity contribution in [3.05, 3.63) is 59.7 Å². The maximum atomic E-state index is 9.20. The number of hydrogen-bond acceptors (Lipinski definition) is 4. The molecule has 0 aliphatic heterocycles. The first-order chi connectivity index (χ1) is 11.2. The molecule has 2 aromatic carbocycles. The van der Waals surface area contributed by atoms with Crippen molar-refractivity contribution >= 4 is 23.5 Å². The maximum Gasteiger partial charge on any atom is 0.187 e. The third-order valence-electron chi connectivity index (χ3n) is 2.96. The monoisotopic (exact) mass is 329 g/mol. The molecule has 0 aromatic heterocycles. The van der Waals surface area contributed by atoms with E-state index in [1.54, 1.807) is 30.5 Å². The predicted octanol–water partition coefficient (Wildman–Crippen LogP) is 2.79. The van der Waals surface area contributed by atoms with E-state index in [-0.39, 0.29) is 5.75 Å². The molecule has 23 heavy (non-hydrogen) atoms. The molecule has 120 valence electrons. The average Bonchev–Trinajstić information content (AvgIpc) is 2.56. The zero-order valence-electron chi connectivity index (χ0n) is 12.8. The van der Waals surface area contributed by atoms with E-state index in [1.165, 1.54) is 0 Å². The molecule has 0 aliphatic rings. The topological polar surface area (TPSA) is 65.9 Å². The highest BCUT2D eigenvalue weighted by atomic mass is 32.1. The fourth-order valence-corrected chi connectivity index (χ4v) is 1.94. The van der Waals surface area contributed by atoms with Gasteiger partial charge in [-0.3, -0.25) is 5.43 Å². The molecule has 0 amide bonds. The van der Waals surface area contributed by atoms with Crippen LogP contribution in [0.4, 0.5) is 0 Å². The largest absolute Gasteiger partial charge is 0.508 e. The Morgan fingerprint density at radius 2 is 1.87 bits per heavy atom. The molecule has 3 N–H and O–H groups in total. The van der Waals surface area contributed by atoms with Crippen LogP contribution in [0.3, 0.4) is 0 Å². The Hall–Kier alpha value is -2.60. The number of hydrogen-bond donors (Lipinski definition) is 3. The number of hydrazone groups is 1. The normalized spacial score (nSPS) is 10.5. The van der Waals surface area contributed by atoms with E-state index in [0.717, 1.165) is 16.9 Å². The van der Waals surface area contributed by atoms with Crippen LogP contribution in [0.1, 0.15) is 18.1 Å². The molecule has 5 nitrogen and oxygen atoms in total. The first-order valence-corrected chi connectivity index (χ1v) is 7.66. The van der Waals surface area contributed by atoms with E-state index < -0.39 is 0 Å². The van der Waals surface area contributed by atoms with Gasteiger partial charge in [-0.2, -0.15) is 5.10 Å². The fraction of sp³-hybridized carbons (Fsp3) is 0.176. The first-order valence-electron chi connectivity index (χ1n) is 7.25. The lowest BCUT2D eigenvalue weighted by Gasteiger charge is -2.08. The number of aromatic hydroxyl groups is 1. The summed E-state index contributed by atoms with van der Waals surface area (Å²) in [6, 6.07) is 14.6. The lowest BCUT2D eigenvalue weighted by molar-refractivity contribution is 0.340. The van der Waals surface area contributed by atoms with Gasteiger partial charge < -0.3 is 15.2 Å². The van der Waals surface area contributed by atoms with Gasteiger partial charge in [0.05, 0.1) is 12.8 Å². The number of phenolic OH excluding ortho intramolecular Hbond substituents is 1. The van der Waals surface area contributed by atoms with Crippen LogP contribution in [0.15, 0.2) is 53.6 Å². The molecule has 0 heterocycles. The van der Waals surface area contributed by atoms with Gasteiger partial charge in [0.1, 0.15) is 11.5 Å². The van der Waals surface area contributed by atoms with E-state index in [1.807, 2.05) is 31.2 Å². The molecule has 0 saturated heterocycles. The van der Waals surface area contributed by atoms with E-state index in [9.17, 15) is 5.11 Å². The minimum Gasteiger partial charge on any atom is -0.508 e. The molecule has 0 atom stereocenters. The summed E-state index contributed by atoms with van der Waals surface area (Å²) >= 11 is 5.16. The molecule has 2 rings (SSSR count). The minimum absolute atomic E-state index is 0.225. The van der Waals surface area contributed by atoms with Crippen molar-refractivity contribution in [2.24, 2.45) is 5.10 Å². The predicted molar refractivity (Wildman–Crippen MR) is 95.9 cm³/mol. The molecule has 0 bridgehead atoms. The van der Waals surface area contributed by atoms with E-state index in [4.69, 9.17) is 17.0 Å². The van der Waals surface area contributed by atoms with Gasteiger partial charge in [0.2, 0.25) is 0 Å². The van der Waals surface area contributed by atoms with Crippen LogP contribution in [-0.2, 0) is 6.54 Å². The van der Waals surface area contributed by atoms with Crippen LogP contribution in [0.2, 0.25) is 0 Å². The number of nitrogens with zero attached hydrogens (tertiary/aromatic N) is 1. The summed E-state index contributed by atoms with van der Waals surface area (Å²) in [5.41, 5.74) is 4.71. The van der Waals surface area contributed by atoms with Crippen molar-refractivity contribution < 1.29 is 9.84 Å². The number of benzene rings is 2. The van der Waals surface area contributed by atoms with Crippen molar-refractivity contribution in [2.45, 2.75) is 13.5 Å². The van der Waals surface area contributed by atoms with Crippen molar-refractivity contribution in [3.8, 4) is 11.5 Å². The Morgan fingerprint density at radius 3 is 2.52 bits per heavy atom. The third-order valence-corrected chi connectivity index (χ3v) is 3.20. The SMILES string of the molecule is CCOc1ccc(CNC(=S)N/N=C\c2ccc(O)cc2)cc1. The highest BCUT2D eigenvalue weighted by Crippen LogP contribution is 2.11. The summed E-state index contributed by atoms with van der Waals surface area (Å²) in [6.07, 6.45) is 1.63. The fourth-order valence-electron chi connectivity index (χ4n) is 1.82. The summed E-state index contributed by atoms with van der Waals surface area (Å²) in [4.78, 5) is 0. The van der Waals surface area contributed by atoms with Crippen molar-refractivity contribution in [2.75, 3.05) is 6.61 Å². The molecule has 0 aliphatic carbocycles. The van der Waals surface area contributed by atoms with E-state index in [0.29, 0.717) is 18.3 Å². The second-order valence-corrected chi connectivity index (χ2v) is 5.13. The molecule has 2 aromatic rings. The number of rotatable bonds is 6. The second-order valence-electron chi connectivity index (χ2n) is 4.72. The van der Waals surface area contributed by atoms with Crippen molar-refractivity contribution in [3.63, 3.8) is 0 Å². The standard InChI is InChI=1S/C17H19N3O2S/c1-2-22-16-9-5-13(6-10-16)11-18-17(23)20-19-12-14-3-7-15(21)8-4-14/h3-10,12,21H,2,11H2,1H3,(H2,18,20,23)/b19-12-. The van der Waals surface area contributed by atoms with Crippen LogP contribution in [0, 0.1) is 0 Å². The zero-order chi connectivity index (χ0) is 16.5. The number of nitrogens with one attached hydrogen (secondary N) is 2. The van der Waals surface area contributed by atoms with E-state index in [2.05, 4.69) is 15.8 Å². The van der Waals surface area contributed by atoms with Crippen LogP contribution < -0.4 is 15.5 Å². The molecular weight excluding hydrogens is 310 g/mol. The highest BCUT2D eigenvalue weighted by Gasteiger charge is 1.97. The van der Waals surface area contributed by atoms with Crippen LogP contribution in [0.25, 0.3) is 0 Å². The Bertz CT molecular complexity index is 655. The number of ether oxygens (including phenoxy) is 1. The van der Waals surface area contributed by atoms with Crippen molar-refractivity contribution in [1.29, 1.82) is 0 Å². The Kier molecular flexibility index (Phi) is 6.38. The molecule has 0 fully saturated rings. The number of phenols is 1. The summed E-state index contributed by atoms with van der Waals surface area (Å²) in [5.74, 6) is 1.08. The van der Waals surface area contributed by atoms with E-state index >= 15 is 0 Å². The maximum absolute atomic E-state index is 9.20. The first kappa shape index (κ1) is 16.8. The summed E-state index contributed by atoms with van der Waals surface area (Å²) in [7, 11) is 0. The summed E-state index contributed by atoms with van der Waals surface area (Å²) in [5, 5.41) is 16.7. The van der Waals surface area contributed by atoms with Gasteiger partial charge in [-0.1, -0.05) is 12.1 Å². The minimum atomic E-state index is 0.225. The van der Waals surface area contributed by atoms with Crippen molar-refractivity contribution in [1.82, 2.24) is 10.7 Å².